The van der Waals surface area contributed by atoms with Crippen molar-refractivity contribution >= 4 is 18.0 Å². The molecule has 5 rings (SSSR count). The number of rotatable bonds is 8. The fourth-order valence-corrected chi connectivity index (χ4v) is 3.99. The van der Waals surface area contributed by atoms with E-state index in [1.807, 2.05) is 47.0 Å². The molecular formula is C27H23FN6O. The Morgan fingerprint density at radius 3 is 2.60 bits per heavy atom. The first-order chi connectivity index (χ1) is 17.1. The van der Waals surface area contributed by atoms with Crippen LogP contribution in [0.5, 0.6) is 0 Å². The molecule has 2 aromatic carbocycles. The number of benzene rings is 2. The largest absolute Gasteiger partial charge is 0.355 e. The minimum Gasteiger partial charge on any atom is -0.355 e. The topological polar surface area (TPSA) is 84.2 Å². The quantitative estimate of drug-likeness (QED) is 0.314. The van der Waals surface area contributed by atoms with Gasteiger partial charge >= 0.3 is 0 Å². The molecule has 174 valence electrons. The number of fused-ring (bicyclic) bond motifs is 1. The van der Waals surface area contributed by atoms with Gasteiger partial charge in [-0.25, -0.2) is 19.3 Å². The molecule has 1 amide bonds. The van der Waals surface area contributed by atoms with E-state index in [9.17, 15) is 9.18 Å². The van der Waals surface area contributed by atoms with Gasteiger partial charge in [-0.2, -0.15) is 0 Å². The zero-order valence-electron chi connectivity index (χ0n) is 19.0. The van der Waals surface area contributed by atoms with Crippen LogP contribution in [-0.2, 0) is 11.3 Å². The van der Waals surface area contributed by atoms with Gasteiger partial charge in [-0.05, 0) is 60.5 Å². The molecule has 0 aliphatic rings. The fourth-order valence-electron chi connectivity index (χ4n) is 3.99. The summed E-state index contributed by atoms with van der Waals surface area (Å²) in [5, 5.41) is 6.04. The number of anilines is 1. The van der Waals surface area contributed by atoms with Crippen molar-refractivity contribution in [1.82, 2.24) is 24.7 Å². The van der Waals surface area contributed by atoms with E-state index in [1.165, 1.54) is 12.1 Å². The Hall–Kier alpha value is -4.59. The standard InChI is InChI=1S/C27H23FN6O/c1-18(20-5-3-2-4-6-20)31-27-30-13-11-23(32-27)26-25(21-7-9-22(28)10-8-21)33-24-15-19(16-29-17-35)12-14-34(24)26/h2-15,17-18H,16H2,1H3,(H,29,35)(H,30,31,32)/t18-/m0/s1. The maximum Gasteiger partial charge on any atom is 0.223 e. The highest BCUT2D eigenvalue weighted by atomic mass is 19.1. The van der Waals surface area contributed by atoms with Crippen LogP contribution in [0.4, 0.5) is 10.3 Å². The van der Waals surface area contributed by atoms with Crippen molar-refractivity contribution in [3.63, 3.8) is 0 Å². The van der Waals surface area contributed by atoms with Gasteiger partial charge in [0.05, 0.1) is 23.1 Å². The Bertz CT molecular complexity index is 1470. The number of hydrogen-bond donors (Lipinski definition) is 2. The molecule has 0 aliphatic carbocycles. The van der Waals surface area contributed by atoms with Crippen LogP contribution < -0.4 is 10.6 Å². The third kappa shape index (κ3) is 4.72. The average Bonchev–Trinajstić information content (AvgIpc) is 3.27. The predicted octanol–water partition coefficient (Wildman–Crippen LogP) is 5.02. The molecule has 3 aromatic heterocycles. The summed E-state index contributed by atoms with van der Waals surface area (Å²) >= 11 is 0. The third-order valence-corrected chi connectivity index (χ3v) is 5.74. The smallest absolute Gasteiger partial charge is 0.223 e. The van der Waals surface area contributed by atoms with Crippen molar-refractivity contribution in [2.75, 3.05) is 5.32 Å². The molecule has 0 unspecified atom stereocenters. The van der Waals surface area contributed by atoms with Crippen LogP contribution in [0.25, 0.3) is 28.3 Å². The summed E-state index contributed by atoms with van der Waals surface area (Å²) in [5.74, 6) is 0.176. The van der Waals surface area contributed by atoms with Crippen LogP contribution in [0.1, 0.15) is 24.1 Å². The highest BCUT2D eigenvalue weighted by Crippen LogP contribution is 2.32. The van der Waals surface area contributed by atoms with Crippen molar-refractivity contribution in [2.45, 2.75) is 19.5 Å². The Labute approximate surface area is 201 Å². The second-order valence-electron chi connectivity index (χ2n) is 8.12. The molecule has 5 aromatic rings. The number of imidazole rings is 1. The van der Waals surface area contributed by atoms with Crippen LogP contribution >= 0.6 is 0 Å². The van der Waals surface area contributed by atoms with Crippen molar-refractivity contribution in [2.24, 2.45) is 0 Å². The van der Waals surface area contributed by atoms with Crippen LogP contribution in [0.2, 0.25) is 0 Å². The van der Waals surface area contributed by atoms with E-state index in [0.29, 0.717) is 35.9 Å². The number of halogens is 1. The number of carbonyl (C=O) groups excluding carboxylic acids is 1. The summed E-state index contributed by atoms with van der Waals surface area (Å²) in [5.41, 5.74) is 5.60. The minimum absolute atomic E-state index is 0.0121. The zero-order valence-corrected chi connectivity index (χ0v) is 19.0. The molecule has 0 saturated heterocycles. The lowest BCUT2D eigenvalue weighted by molar-refractivity contribution is -0.109. The number of hydrogen-bond acceptors (Lipinski definition) is 5. The molecule has 7 nitrogen and oxygen atoms in total. The van der Waals surface area contributed by atoms with Crippen molar-refractivity contribution in [3.05, 3.63) is 102 Å². The molecule has 0 fully saturated rings. The molecule has 0 aliphatic heterocycles. The summed E-state index contributed by atoms with van der Waals surface area (Å²) in [4.78, 5) is 24.8. The van der Waals surface area contributed by atoms with Gasteiger partial charge in [0.25, 0.3) is 0 Å². The number of aromatic nitrogens is 4. The monoisotopic (exact) mass is 466 g/mol. The van der Waals surface area contributed by atoms with E-state index < -0.39 is 0 Å². The molecule has 2 N–H and O–H groups in total. The lowest BCUT2D eigenvalue weighted by Gasteiger charge is -2.15. The van der Waals surface area contributed by atoms with Crippen LogP contribution in [0.3, 0.4) is 0 Å². The first kappa shape index (κ1) is 22.2. The molecular weight excluding hydrogens is 443 g/mol. The summed E-state index contributed by atoms with van der Waals surface area (Å²) in [6.45, 7) is 2.45. The fraction of sp³-hybridized carbons (Fsp3) is 0.111. The van der Waals surface area contributed by atoms with E-state index >= 15 is 0 Å². The number of nitrogens with zero attached hydrogens (tertiary/aromatic N) is 4. The second kappa shape index (κ2) is 9.72. The highest BCUT2D eigenvalue weighted by molar-refractivity contribution is 5.80. The number of amides is 1. The van der Waals surface area contributed by atoms with Gasteiger partial charge in [0.2, 0.25) is 12.4 Å². The molecule has 0 radical (unpaired) electrons. The Kier molecular flexibility index (Phi) is 6.17. The lowest BCUT2D eigenvalue weighted by atomic mass is 10.1. The summed E-state index contributed by atoms with van der Waals surface area (Å²) < 4.78 is 15.6. The van der Waals surface area contributed by atoms with Crippen molar-refractivity contribution < 1.29 is 9.18 Å². The molecule has 3 heterocycles. The normalized spacial score (nSPS) is 11.8. The van der Waals surface area contributed by atoms with Crippen molar-refractivity contribution in [3.8, 4) is 22.6 Å². The molecule has 8 heteroatoms. The highest BCUT2D eigenvalue weighted by Gasteiger charge is 2.19. The van der Waals surface area contributed by atoms with Crippen LogP contribution in [0.15, 0.2) is 85.2 Å². The molecule has 35 heavy (non-hydrogen) atoms. The van der Waals surface area contributed by atoms with Gasteiger partial charge in [0.1, 0.15) is 11.5 Å². The van der Waals surface area contributed by atoms with E-state index in [4.69, 9.17) is 9.97 Å². The maximum absolute atomic E-state index is 13.6. The molecule has 0 bridgehead atoms. The predicted molar refractivity (Wildman–Crippen MR) is 133 cm³/mol. The number of carbonyl (C=O) groups is 1. The SMILES string of the molecule is C[C@H](Nc1nccc(-c2c(-c3ccc(F)cc3)nc3cc(CNC=O)ccn23)n1)c1ccccc1. The van der Waals surface area contributed by atoms with E-state index in [1.54, 1.807) is 18.3 Å². The Morgan fingerprint density at radius 2 is 1.83 bits per heavy atom. The van der Waals surface area contributed by atoms with Gasteiger partial charge in [-0.1, -0.05) is 30.3 Å². The third-order valence-electron chi connectivity index (χ3n) is 5.74. The van der Waals surface area contributed by atoms with Crippen LogP contribution in [0, 0.1) is 5.82 Å². The van der Waals surface area contributed by atoms with Crippen LogP contribution in [-0.4, -0.2) is 25.8 Å². The summed E-state index contributed by atoms with van der Waals surface area (Å²) in [6.07, 6.45) is 4.27. The Morgan fingerprint density at radius 1 is 1.03 bits per heavy atom. The number of pyridine rings is 1. The van der Waals surface area contributed by atoms with Gasteiger partial charge in [-0.15, -0.1) is 0 Å². The van der Waals surface area contributed by atoms with Gasteiger partial charge < -0.3 is 10.6 Å². The average molecular weight is 467 g/mol. The van der Waals surface area contributed by atoms with Gasteiger partial charge in [0, 0.05) is 24.5 Å². The molecule has 1 atom stereocenters. The maximum atomic E-state index is 13.6. The number of nitrogens with one attached hydrogen (secondary N) is 2. The van der Waals surface area contributed by atoms with Gasteiger partial charge in [0.15, 0.2) is 0 Å². The lowest BCUT2D eigenvalue weighted by Crippen LogP contribution is -2.10. The minimum atomic E-state index is -0.315. The molecule has 0 spiro atoms. The van der Waals surface area contributed by atoms with Gasteiger partial charge in [-0.3, -0.25) is 9.20 Å². The second-order valence-corrected chi connectivity index (χ2v) is 8.12. The van der Waals surface area contributed by atoms with E-state index in [2.05, 4.69) is 34.7 Å². The first-order valence-electron chi connectivity index (χ1n) is 11.2. The zero-order chi connectivity index (χ0) is 24.2. The molecule has 0 saturated carbocycles. The first-order valence-corrected chi connectivity index (χ1v) is 11.2. The summed E-state index contributed by atoms with van der Waals surface area (Å²) in [6, 6.07) is 22.0. The summed E-state index contributed by atoms with van der Waals surface area (Å²) in [7, 11) is 0. The van der Waals surface area contributed by atoms with E-state index in [0.717, 1.165) is 22.4 Å². The Balaban J connectivity index is 1.59. The van der Waals surface area contributed by atoms with E-state index in [-0.39, 0.29) is 11.9 Å². The van der Waals surface area contributed by atoms with Crippen molar-refractivity contribution in [1.29, 1.82) is 0 Å².